The Kier molecular flexibility index (Phi) is 4.81. The van der Waals surface area contributed by atoms with Crippen LogP contribution in [0.1, 0.15) is 21.6 Å². The zero-order valence-electron chi connectivity index (χ0n) is 17.7. The van der Waals surface area contributed by atoms with Crippen LogP contribution in [0.25, 0.3) is 10.9 Å². The number of hydrogen-bond donors (Lipinski definition) is 1. The van der Waals surface area contributed by atoms with E-state index in [0.29, 0.717) is 43.2 Å². The van der Waals surface area contributed by atoms with E-state index in [-0.39, 0.29) is 18.4 Å². The van der Waals surface area contributed by atoms with Gasteiger partial charge in [0.05, 0.1) is 0 Å². The Morgan fingerprint density at radius 3 is 2.45 bits per heavy atom. The predicted octanol–water partition coefficient (Wildman–Crippen LogP) is 2.91. The second kappa shape index (κ2) is 7.65. The first-order valence-electron chi connectivity index (χ1n) is 10.6. The number of aromatic nitrogens is 1. The number of carbonyl (C=O) groups excluding carboxylic acids is 2. The van der Waals surface area contributed by atoms with Crippen molar-refractivity contribution in [2.24, 2.45) is 0 Å². The van der Waals surface area contributed by atoms with Crippen LogP contribution in [-0.4, -0.2) is 65.5 Å². The normalized spacial score (nSPS) is 18.3. The van der Waals surface area contributed by atoms with Crippen LogP contribution >= 0.6 is 0 Å². The number of H-pyrrole nitrogens is 1. The summed E-state index contributed by atoms with van der Waals surface area (Å²) in [5.74, 6) is 1.15. The highest BCUT2D eigenvalue weighted by Gasteiger charge is 2.33. The third kappa shape index (κ3) is 3.50. The number of rotatable bonds is 2. The van der Waals surface area contributed by atoms with Crippen molar-refractivity contribution < 1.29 is 19.1 Å². The summed E-state index contributed by atoms with van der Waals surface area (Å²) in [5, 5.41) is 1.08. The molecule has 0 aliphatic carbocycles. The van der Waals surface area contributed by atoms with Gasteiger partial charge in [0.1, 0.15) is 6.61 Å². The maximum Gasteiger partial charge on any atom is 0.267 e. The van der Waals surface area contributed by atoms with Gasteiger partial charge in [-0.3, -0.25) is 9.59 Å². The summed E-state index contributed by atoms with van der Waals surface area (Å²) in [6.45, 7) is 6.25. The highest BCUT2D eigenvalue weighted by molar-refractivity contribution is 5.99. The number of para-hydroxylation sites is 2. The number of nitrogens with one attached hydrogen (secondary N) is 1. The van der Waals surface area contributed by atoms with Gasteiger partial charge in [0, 0.05) is 48.3 Å². The fourth-order valence-electron chi connectivity index (χ4n) is 4.25. The molecule has 1 saturated heterocycles. The fraction of sp³-hybridized carbons (Fsp3) is 0.333. The van der Waals surface area contributed by atoms with Crippen LogP contribution in [-0.2, 0) is 4.79 Å². The molecule has 31 heavy (non-hydrogen) atoms. The van der Waals surface area contributed by atoms with E-state index in [1.807, 2.05) is 48.2 Å². The van der Waals surface area contributed by atoms with Gasteiger partial charge in [-0.2, -0.15) is 0 Å². The van der Waals surface area contributed by atoms with Crippen molar-refractivity contribution >= 4 is 22.7 Å². The number of amides is 2. The summed E-state index contributed by atoms with van der Waals surface area (Å²) in [6.07, 6.45) is -0.653. The van der Waals surface area contributed by atoms with Gasteiger partial charge < -0.3 is 24.3 Å². The average Bonchev–Trinajstić information content (AvgIpc) is 3.10. The minimum atomic E-state index is -0.653. The zero-order valence-corrected chi connectivity index (χ0v) is 17.7. The monoisotopic (exact) mass is 419 g/mol. The third-order valence-electron chi connectivity index (χ3n) is 6.22. The van der Waals surface area contributed by atoms with Gasteiger partial charge in [0.2, 0.25) is 6.10 Å². The quantitative estimate of drug-likeness (QED) is 0.693. The first-order chi connectivity index (χ1) is 15.0. The standard InChI is InChI=1S/C24H25N3O4/c1-15-16(2)25-19-8-7-17(13-18(15)19)23(28)26-9-11-27(12-10-26)24(29)22-14-30-20-5-3-4-6-21(20)31-22/h3-8,13,22,25H,9-12,14H2,1-2H3/t22-/m0/s1. The molecule has 3 aromatic rings. The molecule has 160 valence electrons. The second-order valence-electron chi connectivity index (χ2n) is 8.12. The second-order valence-corrected chi connectivity index (χ2v) is 8.12. The Hall–Kier alpha value is -3.48. The molecule has 5 rings (SSSR count). The number of benzene rings is 2. The number of nitrogens with zero attached hydrogens (tertiary/aromatic N) is 2. The molecule has 0 radical (unpaired) electrons. The molecule has 1 atom stereocenters. The van der Waals surface area contributed by atoms with E-state index >= 15 is 0 Å². The lowest BCUT2D eigenvalue weighted by molar-refractivity contribution is -0.142. The van der Waals surface area contributed by atoms with E-state index in [9.17, 15) is 9.59 Å². The Morgan fingerprint density at radius 1 is 0.968 bits per heavy atom. The molecule has 7 nitrogen and oxygen atoms in total. The number of piperazine rings is 1. The van der Waals surface area contributed by atoms with Crippen molar-refractivity contribution in [1.29, 1.82) is 0 Å². The fourth-order valence-corrected chi connectivity index (χ4v) is 4.25. The van der Waals surface area contributed by atoms with Crippen molar-refractivity contribution in [1.82, 2.24) is 14.8 Å². The molecule has 7 heteroatoms. The van der Waals surface area contributed by atoms with Crippen molar-refractivity contribution in [2.45, 2.75) is 20.0 Å². The number of aromatic amines is 1. The maximum atomic E-state index is 13.0. The molecule has 2 aromatic carbocycles. The minimum Gasteiger partial charge on any atom is -0.485 e. The van der Waals surface area contributed by atoms with E-state index in [4.69, 9.17) is 9.47 Å². The van der Waals surface area contributed by atoms with Crippen LogP contribution < -0.4 is 9.47 Å². The lowest BCUT2D eigenvalue weighted by Crippen LogP contribution is -2.55. The molecular formula is C24H25N3O4. The lowest BCUT2D eigenvalue weighted by atomic mass is 10.1. The van der Waals surface area contributed by atoms with Crippen molar-refractivity contribution in [3.8, 4) is 11.5 Å². The third-order valence-corrected chi connectivity index (χ3v) is 6.22. The molecule has 2 amide bonds. The molecule has 0 saturated carbocycles. The number of aryl methyl sites for hydroxylation is 2. The Labute approximate surface area is 180 Å². The first-order valence-corrected chi connectivity index (χ1v) is 10.6. The maximum absolute atomic E-state index is 13.0. The number of fused-ring (bicyclic) bond motifs is 2. The summed E-state index contributed by atoms with van der Waals surface area (Å²) in [7, 11) is 0. The smallest absolute Gasteiger partial charge is 0.267 e. The van der Waals surface area contributed by atoms with Crippen LogP contribution in [0, 0.1) is 13.8 Å². The first kappa shape index (κ1) is 19.5. The molecule has 1 N–H and O–H groups in total. The van der Waals surface area contributed by atoms with Crippen molar-refractivity contribution in [3.63, 3.8) is 0 Å². The topological polar surface area (TPSA) is 74.9 Å². The molecule has 0 unspecified atom stereocenters. The average molecular weight is 419 g/mol. The van der Waals surface area contributed by atoms with Gasteiger partial charge in [-0.25, -0.2) is 0 Å². The Balaban J connectivity index is 1.23. The highest BCUT2D eigenvalue weighted by Crippen LogP contribution is 2.31. The van der Waals surface area contributed by atoms with Gasteiger partial charge in [0.15, 0.2) is 11.5 Å². The van der Waals surface area contributed by atoms with Crippen molar-refractivity contribution in [2.75, 3.05) is 32.8 Å². The molecule has 0 bridgehead atoms. The van der Waals surface area contributed by atoms with E-state index in [1.165, 1.54) is 0 Å². The largest absolute Gasteiger partial charge is 0.485 e. The summed E-state index contributed by atoms with van der Waals surface area (Å²) in [6, 6.07) is 13.1. The van der Waals surface area contributed by atoms with Gasteiger partial charge >= 0.3 is 0 Å². The summed E-state index contributed by atoms with van der Waals surface area (Å²) in [4.78, 5) is 32.9. The molecule has 2 aliphatic heterocycles. The molecule has 0 spiro atoms. The zero-order chi connectivity index (χ0) is 21.5. The van der Waals surface area contributed by atoms with Crippen LogP contribution in [0.3, 0.4) is 0 Å². The van der Waals surface area contributed by atoms with E-state index < -0.39 is 6.10 Å². The molecule has 3 heterocycles. The summed E-state index contributed by atoms with van der Waals surface area (Å²) >= 11 is 0. The van der Waals surface area contributed by atoms with E-state index in [1.54, 1.807) is 11.0 Å². The van der Waals surface area contributed by atoms with Crippen LogP contribution in [0.15, 0.2) is 42.5 Å². The van der Waals surface area contributed by atoms with Gasteiger partial charge in [0.25, 0.3) is 11.8 Å². The Bertz CT molecular complexity index is 1160. The summed E-state index contributed by atoms with van der Waals surface area (Å²) in [5.41, 5.74) is 3.99. The van der Waals surface area contributed by atoms with E-state index in [2.05, 4.69) is 11.9 Å². The van der Waals surface area contributed by atoms with Gasteiger partial charge in [-0.05, 0) is 49.7 Å². The number of hydrogen-bond acceptors (Lipinski definition) is 4. The van der Waals surface area contributed by atoms with Gasteiger partial charge in [-0.1, -0.05) is 12.1 Å². The summed E-state index contributed by atoms with van der Waals surface area (Å²) < 4.78 is 11.5. The van der Waals surface area contributed by atoms with E-state index in [0.717, 1.165) is 22.2 Å². The molecule has 1 aromatic heterocycles. The van der Waals surface area contributed by atoms with Crippen LogP contribution in [0.5, 0.6) is 11.5 Å². The van der Waals surface area contributed by atoms with Crippen LogP contribution in [0.4, 0.5) is 0 Å². The van der Waals surface area contributed by atoms with Gasteiger partial charge in [-0.15, -0.1) is 0 Å². The minimum absolute atomic E-state index is 0.00145. The molecule has 1 fully saturated rings. The van der Waals surface area contributed by atoms with Crippen LogP contribution in [0.2, 0.25) is 0 Å². The highest BCUT2D eigenvalue weighted by atomic mass is 16.6. The number of ether oxygens (including phenoxy) is 2. The SMILES string of the molecule is Cc1[nH]c2ccc(C(=O)N3CCN(C(=O)[C@@H]4COc5ccccc5O4)CC3)cc2c1C. The van der Waals surface area contributed by atoms with Crippen molar-refractivity contribution in [3.05, 3.63) is 59.3 Å². The molecule has 2 aliphatic rings. The number of carbonyl (C=O) groups is 2. The lowest BCUT2D eigenvalue weighted by Gasteiger charge is -2.37. The molecular weight excluding hydrogens is 394 g/mol. The predicted molar refractivity (Wildman–Crippen MR) is 117 cm³/mol. The Morgan fingerprint density at radius 2 is 1.68 bits per heavy atom.